The molecule has 2 fully saturated rings. The Labute approximate surface area is 235 Å². The van der Waals surface area contributed by atoms with Crippen molar-refractivity contribution < 1.29 is 31.6 Å². The Hall–Kier alpha value is -3.96. The Balaban J connectivity index is 1.20. The van der Waals surface area contributed by atoms with Crippen molar-refractivity contribution in [3.05, 3.63) is 71.0 Å². The van der Waals surface area contributed by atoms with Gasteiger partial charge in [0.25, 0.3) is 6.01 Å². The highest BCUT2D eigenvalue weighted by Crippen LogP contribution is 2.35. The quantitative estimate of drug-likeness (QED) is 0.297. The number of anilines is 2. The molecule has 1 amide bonds. The Kier molecular flexibility index (Phi) is 8.27. The summed E-state index contributed by atoms with van der Waals surface area (Å²) in [6.45, 7) is 4.96. The van der Waals surface area contributed by atoms with Gasteiger partial charge >= 0.3 is 6.18 Å². The van der Waals surface area contributed by atoms with Crippen LogP contribution in [0.2, 0.25) is 0 Å². The van der Waals surface area contributed by atoms with Crippen molar-refractivity contribution in [2.45, 2.75) is 38.8 Å². The van der Waals surface area contributed by atoms with E-state index in [9.17, 15) is 27.2 Å². The second-order valence-electron chi connectivity index (χ2n) is 10.6. The molecule has 5 rings (SSSR count). The average molecular weight is 574 g/mol. The molecule has 12 heteroatoms. The minimum absolute atomic E-state index is 0.00641. The fourth-order valence-electron chi connectivity index (χ4n) is 5.26. The largest absolute Gasteiger partial charge is 0.437 e. The molecule has 2 saturated heterocycles. The number of benzene rings is 1. The summed E-state index contributed by atoms with van der Waals surface area (Å²) in [5, 5.41) is 0. The van der Waals surface area contributed by atoms with Crippen LogP contribution in [0.4, 0.5) is 29.4 Å². The van der Waals surface area contributed by atoms with Crippen LogP contribution in [0.25, 0.3) is 0 Å². The molecular weight excluding hydrogens is 542 g/mol. The molecule has 41 heavy (non-hydrogen) atoms. The standard InChI is InChI=1S/C29H31F4N5O3/c1-19-5-4-10-38(18-19)28-35-27(29(31,32)33)26(41-28)23(39)15-20-8-9-24(34-17-20)36-11-13-37(14-12-36)25(40)16-21-6-2-3-7-22(21)30/h2-3,6-9,17,19H,4-5,10-16,18H2,1H3. The number of halogens is 4. The molecule has 8 nitrogen and oxygen atoms in total. The van der Waals surface area contributed by atoms with Crippen LogP contribution in [-0.2, 0) is 23.8 Å². The molecule has 2 aromatic heterocycles. The number of hydrogen-bond donors (Lipinski definition) is 0. The van der Waals surface area contributed by atoms with Crippen LogP contribution >= 0.6 is 0 Å². The number of piperazine rings is 1. The van der Waals surface area contributed by atoms with E-state index in [2.05, 4.69) is 9.97 Å². The van der Waals surface area contributed by atoms with Gasteiger partial charge in [-0.1, -0.05) is 31.2 Å². The van der Waals surface area contributed by atoms with Gasteiger partial charge in [0.1, 0.15) is 11.6 Å². The molecule has 1 atom stereocenters. The van der Waals surface area contributed by atoms with Gasteiger partial charge in [0.15, 0.2) is 5.69 Å². The number of carbonyl (C=O) groups is 2. The van der Waals surface area contributed by atoms with E-state index in [1.165, 1.54) is 12.3 Å². The molecule has 1 unspecified atom stereocenters. The molecule has 0 saturated carbocycles. The Bertz CT molecular complexity index is 1380. The first-order valence-electron chi connectivity index (χ1n) is 13.7. The minimum Gasteiger partial charge on any atom is -0.420 e. The maximum atomic E-state index is 13.9. The highest BCUT2D eigenvalue weighted by molar-refractivity contribution is 5.96. The first-order chi connectivity index (χ1) is 19.6. The van der Waals surface area contributed by atoms with Crippen molar-refractivity contribution in [2.24, 2.45) is 5.92 Å². The first kappa shape index (κ1) is 28.6. The van der Waals surface area contributed by atoms with E-state index < -0.39 is 29.2 Å². The summed E-state index contributed by atoms with van der Waals surface area (Å²) in [4.78, 5) is 38.9. The number of aromatic nitrogens is 2. The third-order valence-electron chi connectivity index (χ3n) is 7.49. The van der Waals surface area contributed by atoms with E-state index in [-0.39, 0.29) is 30.7 Å². The van der Waals surface area contributed by atoms with Gasteiger partial charge in [-0.15, -0.1) is 0 Å². The number of rotatable bonds is 7. The summed E-state index contributed by atoms with van der Waals surface area (Å²) < 4.78 is 60.5. The van der Waals surface area contributed by atoms with Crippen LogP contribution in [-0.4, -0.2) is 65.8 Å². The number of amides is 1. The zero-order chi connectivity index (χ0) is 29.1. The average Bonchev–Trinajstić information content (AvgIpc) is 3.42. The molecule has 2 aliphatic heterocycles. The number of pyridine rings is 1. The smallest absolute Gasteiger partial charge is 0.420 e. The number of hydrogen-bond acceptors (Lipinski definition) is 7. The predicted molar refractivity (Wildman–Crippen MR) is 143 cm³/mol. The summed E-state index contributed by atoms with van der Waals surface area (Å²) >= 11 is 0. The second kappa shape index (κ2) is 11.9. The lowest BCUT2D eigenvalue weighted by atomic mass is 10.0. The first-order valence-corrected chi connectivity index (χ1v) is 13.7. The fraction of sp³-hybridized carbons (Fsp3) is 0.448. The summed E-state index contributed by atoms with van der Waals surface area (Å²) in [6.07, 6.45) is -1.91. The number of ketones is 1. The van der Waals surface area contributed by atoms with Crippen LogP contribution in [0.1, 0.15) is 47.1 Å². The monoisotopic (exact) mass is 573 g/mol. The Morgan fingerprint density at radius 2 is 1.76 bits per heavy atom. The fourth-order valence-corrected chi connectivity index (χ4v) is 5.26. The van der Waals surface area contributed by atoms with E-state index in [1.54, 1.807) is 40.1 Å². The SMILES string of the molecule is CC1CCCN(c2nc(C(F)(F)F)c(C(=O)Cc3ccc(N4CCN(C(=O)Cc5ccccc5F)CC4)nc3)o2)C1. The van der Waals surface area contributed by atoms with Crippen molar-refractivity contribution in [2.75, 3.05) is 49.1 Å². The number of alkyl halides is 3. The molecule has 218 valence electrons. The van der Waals surface area contributed by atoms with Gasteiger partial charge in [0.05, 0.1) is 6.42 Å². The minimum atomic E-state index is -4.82. The van der Waals surface area contributed by atoms with Crippen molar-refractivity contribution in [1.82, 2.24) is 14.9 Å². The molecule has 0 radical (unpaired) electrons. The number of Topliss-reactive ketones (excluding diaryl/α,β-unsaturated/α-hetero) is 1. The number of carbonyl (C=O) groups excluding carboxylic acids is 2. The van der Waals surface area contributed by atoms with Gasteiger partial charge in [-0.2, -0.15) is 18.2 Å². The zero-order valence-electron chi connectivity index (χ0n) is 22.7. The highest BCUT2D eigenvalue weighted by Gasteiger charge is 2.42. The lowest BCUT2D eigenvalue weighted by molar-refractivity contribution is -0.141. The normalized spacial score (nSPS) is 18.1. The third kappa shape index (κ3) is 6.68. The molecule has 4 heterocycles. The number of oxazole rings is 1. The predicted octanol–water partition coefficient (Wildman–Crippen LogP) is 4.78. The summed E-state index contributed by atoms with van der Waals surface area (Å²) in [6, 6.07) is 9.37. The van der Waals surface area contributed by atoms with E-state index in [0.717, 1.165) is 12.8 Å². The second-order valence-corrected chi connectivity index (χ2v) is 10.6. The van der Waals surface area contributed by atoms with Crippen LogP contribution in [0, 0.1) is 11.7 Å². The summed E-state index contributed by atoms with van der Waals surface area (Å²) in [5.41, 5.74) is -0.505. The van der Waals surface area contributed by atoms with Crippen molar-refractivity contribution in [1.29, 1.82) is 0 Å². The molecular formula is C29H31F4N5O3. The van der Waals surface area contributed by atoms with Gasteiger partial charge in [0.2, 0.25) is 17.5 Å². The van der Waals surface area contributed by atoms with Gasteiger partial charge in [-0.05, 0) is 42.0 Å². The number of nitrogens with zero attached hydrogens (tertiary/aromatic N) is 5. The Morgan fingerprint density at radius 3 is 2.41 bits per heavy atom. The van der Waals surface area contributed by atoms with E-state index in [0.29, 0.717) is 56.2 Å². The molecule has 0 spiro atoms. The van der Waals surface area contributed by atoms with Crippen molar-refractivity contribution >= 4 is 23.5 Å². The van der Waals surface area contributed by atoms with Crippen LogP contribution in [0.5, 0.6) is 0 Å². The maximum Gasteiger partial charge on any atom is 0.437 e. The van der Waals surface area contributed by atoms with E-state index in [4.69, 9.17) is 4.42 Å². The lowest BCUT2D eigenvalue weighted by Gasteiger charge is -2.35. The van der Waals surface area contributed by atoms with Gasteiger partial charge in [-0.3, -0.25) is 9.59 Å². The third-order valence-corrected chi connectivity index (χ3v) is 7.49. The van der Waals surface area contributed by atoms with Crippen LogP contribution < -0.4 is 9.80 Å². The van der Waals surface area contributed by atoms with Gasteiger partial charge in [-0.25, -0.2) is 9.37 Å². The van der Waals surface area contributed by atoms with Crippen molar-refractivity contribution in [3.63, 3.8) is 0 Å². The molecule has 0 aliphatic carbocycles. The van der Waals surface area contributed by atoms with Crippen molar-refractivity contribution in [3.8, 4) is 0 Å². The van der Waals surface area contributed by atoms with Gasteiger partial charge in [0, 0.05) is 51.9 Å². The van der Waals surface area contributed by atoms with Gasteiger partial charge < -0.3 is 19.1 Å². The van der Waals surface area contributed by atoms with E-state index >= 15 is 0 Å². The zero-order valence-corrected chi connectivity index (χ0v) is 22.7. The maximum absolute atomic E-state index is 13.9. The number of piperidine rings is 1. The molecule has 3 aromatic rings. The van der Waals surface area contributed by atoms with Crippen LogP contribution in [0.3, 0.4) is 0 Å². The topological polar surface area (TPSA) is 82.8 Å². The molecule has 1 aromatic carbocycles. The Morgan fingerprint density at radius 1 is 1.00 bits per heavy atom. The highest BCUT2D eigenvalue weighted by atomic mass is 19.4. The summed E-state index contributed by atoms with van der Waals surface area (Å²) in [7, 11) is 0. The van der Waals surface area contributed by atoms with Crippen LogP contribution in [0.15, 0.2) is 47.0 Å². The molecule has 0 N–H and O–H groups in total. The molecule has 0 bridgehead atoms. The molecule has 2 aliphatic rings. The van der Waals surface area contributed by atoms with E-state index in [1.807, 2.05) is 11.8 Å². The summed E-state index contributed by atoms with van der Waals surface area (Å²) in [5.74, 6) is -1.25. The lowest BCUT2D eigenvalue weighted by Crippen LogP contribution is -2.49.